The molecule has 4 rings (SSSR count). The number of carbonyl (C=O) groups is 3. The first kappa shape index (κ1) is 29.8. The fourth-order valence-corrected chi connectivity index (χ4v) is 4.60. The van der Waals surface area contributed by atoms with Crippen molar-refractivity contribution >= 4 is 64.6 Å². The Kier molecular flexibility index (Phi) is 11.3. The van der Waals surface area contributed by atoms with Gasteiger partial charge in [-0.15, -0.1) is 0 Å². The van der Waals surface area contributed by atoms with E-state index in [9.17, 15) is 19.5 Å². The second-order valence-corrected chi connectivity index (χ2v) is 9.11. The van der Waals surface area contributed by atoms with Crippen molar-refractivity contribution in [3.63, 3.8) is 0 Å². The third-order valence-electron chi connectivity index (χ3n) is 6.21. The van der Waals surface area contributed by atoms with Gasteiger partial charge < -0.3 is 20.1 Å². The van der Waals surface area contributed by atoms with E-state index in [4.69, 9.17) is 16.3 Å². The molecule has 0 atom stereocenters. The summed E-state index contributed by atoms with van der Waals surface area (Å²) in [5.74, 6) is -1.97. The van der Waals surface area contributed by atoms with Crippen molar-refractivity contribution in [2.45, 2.75) is 6.04 Å². The average Bonchev–Trinajstić information content (AvgIpc) is 2.91. The van der Waals surface area contributed by atoms with Crippen molar-refractivity contribution in [2.75, 3.05) is 44.7 Å². The van der Waals surface area contributed by atoms with Crippen LogP contribution in [0.5, 0.6) is 0 Å². The number of anilines is 1. The van der Waals surface area contributed by atoms with Crippen molar-refractivity contribution in [1.82, 2.24) is 9.80 Å². The molecular weight excluding hydrogens is 517 g/mol. The van der Waals surface area contributed by atoms with Gasteiger partial charge in [-0.25, -0.2) is 4.79 Å². The maximum Gasteiger partial charge on any atom is 0.337 e. The van der Waals surface area contributed by atoms with Crippen molar-refractivity contribution < 1.29 is 24.2 Å². The van der Waals surface area contributed by atoms with E-state index >= 15 is 0 Å². The Balaban J connectivity index is 0.00000400. The molecule has 0 saturated carbocycles. The van der Waals surface area contributed by atoms with Gasteiger partial charge in [-0.05, 0) is 29.3 Å². The van der Waals surface area contributed by atoms with Gasteiger partial charge in [0.25, 0.3) is 0 Å². The minimum absolute atomic E-state index is 0. The minimum atomic E-state index is -1.21. The molecule has 10 heteroatoms. The van der Waals surface area contributed by atoms with Crippen molar-refractivity contribution in [3.8, 4) is 0 Å². The molecule has 1 fully saturated rings. The molecule has 1 saturated heterocycles. The molecule has 0 spiro atoms. The molecule has 0 aromatic heterocycles. The first-order valence-corrected chi connectivity index (χ1v) is 12.3. The molecule has 0 bridgehead atoms. The molecule has 1 heterocycles. The van der Waals surface area contributed by atoms with Gasteiger partial charge in [0, 0.05) is 60.8 Å². The van der Waals surface area contributed by atoms with E-state index in [0.717, 1.165) is 0 Å². The van der Waals surface area contributed by atoms with Crippen LogP contribution in [0, 0.1) is 0 Å². The second-order valence-electron chi connectivity index (χ2n) is 8.68. The maximum absolute atomic E-state index is 12.7. The van der Waals surface area contributed by atoms with Gasteiger partial charge >= 0.3 is 5.97 Å². The molecule has 1 aliphatic heterocycles. The van der Waals surface area contributed by atoms with Crippen LogP contribution in [0.25, 0.3) is 0 Å². The van der Waals surface area contributed by atoms with Gasteiger partial charge in [-0.1, -0.05) is 72.3 Å². The Hall–Kier alpha value is -2.72. The van der Waals surface area contributed by atoms with E-state index in [0.29, 0.717) is 26.2 Å². The number of carboxylic acid groups (broad SMARTS) is 1. The summed E-state index contributed by atoms with van der Waals surface area (Å²) in [6, 6.07) is 24.9. The number of nitrogens with one attached hydrogen (secondary N) is 1. The van der Waals surface area contributed by atoms with Gasteiger partial charge in [0.15, 0.2) is 0 Å². The van der Waals surface area contributed by atoms with Gasteiger partial charge in [0.1, 0.15) is 13.2 Å². The Morgan fingerprint density at radius 3 is 2.00 bits per heavy atom. The zero-order valence-electron chi connectivity index (χ0n) is 21.2. The van der Waals surface area contributed by atoms with Crippen LogP contribution in [0.15, 0.2) is 78.9 Å². The van der Waals surface area contributed by atoms with Crippen molar-refractivity contribution in [1.29, 1.82) is 0 Å². The number of carboxylic acids is 1. The Morgan fingerprint density at radius 1 is 0.868 bits per heavy atom. The quantitative estimate of drug-likeness (QED) is 0.400. The number of benzene rings is 3. The molecule has 3 aromatic rings. The molecule has 1 radical (unpaired) electrons. The maximum atomic E-state index is 12.7. The number of ether oxygens (including phenoxy) is 1. The predicted octanol–water partition coefficient (Wildman–Crippen LogP) is 3.55. The zero-order valence-corrected chi connectivity index (χ0v) is 23.9. The van der Waals surface area contributed by atoms with Gasteiger partial charge in [0.2, 0.25) is 11.8 Å². The number of nitrogens with zero attached hydrogens (tertiary/aromatic N) is 2. The van der Waals surface area contributed by atoms with Crippen LogP contribution in [0.3, 0.4) is 0 Å². The topological polar surface area (TPSA) is 99.2 Å². The number of aromatic carboxylic acids is 1. The van der Waals surface area contributed by atoms with E-state index in [1.54, 1.807) is 4.90 Å². The number of rotatable bonds is 9. The normalized spacial score (nSPS) is 13.6. The summed E-state index contributed by atoms with van der Waals surface area (Å²) in [5.41, 5.74) is 2.39. The van der Waals surface area contributed by atoms with Crippen LogP contribution in [-0.4, -0.2) is 102 Å². The predicted molar refractivity (Wildman–Crippen MR) is 146 cm³/mol. The zero-order chi connectivity index (χ0) is 26.2. The molecule has 0 aliphatic carbocycles. The summed E-state index contributed by atoms with van der Waals surface area (Å²) in [6.07, 6.45) is 0. The number of amides is 2. The molecular formula is C28H28ClN3NaO5. The summed E-state index contributed by atoms with van der Waals surface area (Å²) in [4.78, 5) is 40.4. The van der Waals surface area contributed by atoms with E-state index in [-0.39, 0.29) is 71.0 Å². The SMILES string of the molecule is O=C(COCC(=O)N1CCN(C(c2ccccc2)c2ccccc2)CC1)Nc1ccc(Cl)cc1C(=O)O.[Na]. The average molecular weight is 545 g/mol. The van der Waals surface area contributed by atoms with E-state index in [1.807, 2.05) is 36.4 Å². The van der Waals surface area contributed by atoms with Crippen LogP contribution >= 0.6 is 11.6 Å². The number of carbonyl (C=O) groups excluding carboxylic acids is 2. The summed E-state index contributed by atoms with van der Waals surface area (Å²) < 4.78 is 5.33. The summed E-state index contributed by atoms with van der Waals surface area (Å²) >= 11 is 5.83. The summed E-state index contributed by atoms with van der Waals surface area (Å²) in [5, 5.41) is 12.0. The van der Waals surface area contributed by atoms with Crippen molar-refractivity contribution in [2.24, 2.45) is 0 Å². The van der Waals surface area contributed by atoms with Crippen LogP contribution < -0.4 is 5.32 Å². The number of piperazine rings is 1. The summed E-state index contributed by atoms with van der Waals surface area (Å²) in [7, 11) is 0. The fraction of sp³-hybridized carbons (Fsp3) is 0.250. The van der Waals surface area contributed by atoms with Gasteiger partial charge in [0.05, 0.1) is 17.3 Å². The molecule has 2 N–H and O–H groups in total. The summed E-state index contributed by atoms with van der Waals surface area (Å²) in [6.45, 7) is 1.90. The number of hydrogen-bond acceptors (Lipinski definition) is 5. The second kappa shape index (κ2) is 14.4. The third-order valence-corrected chi connectivity index (χ3v) is 6.44. The van der Waals surface area contributed by atoms with Crippen molar-refractivity contribution in [3.05, 3.63) is 101 Å². The van der Waals surface area contributed by atoms with Crippen LogP contribution in [0.2, 0.25) is 5.02 Å². The van der Waals surface area contributed by atoms with Crippen LogP contribution in [-0.2, 0) is 14.3 Å². The van der Waals surface area contributed by atoms with E-state index in [2.05, 4.69) is 34.5 Å². The molecule has 38 heavy (non-hydrogen) atoms. The monoisotopic (exact) mass is 544 g/mol. The Morgan fingerprint density at radius 2 is 1.45 bits per heavy atom. The Bertz CT molecular complexity index is 1200. The number of hydrogen-bond donors (Lipinski definition) is 2. The first-order chi connectivity index (χ1) is 17.9. The van der Waals surface area contributed by atoms with Crippen LogP contribution in [0.1, 0.15) is 27.5 Å². The van der Waals surface area contributed by atoms with E-state index in [1.165, 1.54) is 29.3 Å². The smallest absolute Gasteiger partial charge is 0.337 e. The molecule has 1 aliphatic rings. The minimum Gasteiger partial charge on any atom is -0.478 e. The standard InChI is InChI=1S/C28H28ClN3O5.Na/c29-22-11-12-24(23(17-22)28(35)36)30-25(33)18-37-19-26(34)31-13-15-32(16-14-31)27(20-7-3-1-4-8-20)21-9-5-2-6-10-21;/h1-12,17,27H,13-16,18-19H2,(H,30,33)(H,35,36);. The van der Waals surface area contributed by atoms with E-state index < -0.39 is 11.9 Å². The molecule has 3 aromatic carbocycles. The third kappa shape index (κ3) is 7.89. The van der Waals surface area contributed by atoms with Gasteiger partial charge in [-0.2, -0.15) is 0 Å². The largest absolute Gasteiger partial charge is 0.478 e. The first-order valence-electron chi connectivity index (χ1n) is 11.9. The molecule has 193 valence electrons. The number of halogens is 1. The molecule has 0 unspecified atom stereocenters. The fourth-order valence-electron chi connectivity index (χ4n) is 4.43. The van der Waals surface area contributed by atoms with Gasteiger partial charge in [-0.3, -0.25) is 14.5 Å². The molecule has 8 nitrogen and oxygen atoms in total. The Labute approximate surface area is 248 Å². The molecule has 2 amide bonds. The van der Waals surface area contributed by atoms with Crippen LogP contribution in [0.4, 0.5) is 5.69 Å².